The van der Waals surface area contributed by atoms with Gasteiger partial charge in [0.25, 0.3) is 10.0 Å². The van der Waals surface area contributed by atoms with Gasteiger partial charge in [-0.1, -0.05) is 157 Å². The van der Waals surface area contributed by atoms with Crippen molar-refractivity contribution in [3.63, 3.8) is 0 Å². The maximum atomic E-state index is 14.3. The van der Waals surface area contributed by atoms with Crippen LogP contribution in [0.1, 0.15) is 126 Å². The van der Waals surface area contributed by atoms with Crippen LogP contribution in [-0.2, 0) is 55.2 Å². The maximum absolute atomic E-state index is 14.3. The first-order valence-electron chi connectivity index (χ1n) is 33.4. The van der Waals surface area contributed by atoms with Crippen LogP contribution in [-0.4, -0.2) is 189 Å². The number of piperidine rings is 1. The number of esters is 1. The monoisotopic (exact) mass is 1470 g/mol. The number of aliphatic hydroxyl groups excluding tert-OH is 1. The van der Waals surface area contributed by atoms with Gasteiger partial charge in [-0.05, 0) is 107 Å². The molecule has 19 nitrogen and oxygen atoms in total. The Kier molecular flexibility index (Phi) is 33.9. The summed E-state index contributed by atoms with van der Waals surface area (Å²) in [5.41, 5.74) is 2.81. The second-order valence-corrected chi connectivity index (χ2v) is 32.4. The fourth-order valence-corrected chi connectivity index (χ4v) is 16.6. The number of alkyl halides is 6. The average molecular weight is 1470 g/mol. The van der Waals surface area contributed by atoms with Crippen molar-refractivity contribution in [2.75, 3.05) is 78.3 Å². The fraction of sp³-hybridized carbons (Fsp3) is 0.529. The number of aromatic amines is 1. The minimum absolute atomic E-state index is 0. The van der Waals surface area contributed by atoms with Crippen LogP contribution in [0.25, 0.3) is 26.5 Å². The Labute approximate surface area is 584 Å². The van der Waals surface area contributed by atoms with Gasteiger partial charge >= 0.3 is 28.5 Å². The van der Waals surface area contributed by atoms with E-state index in [1.165, 1.54) is 106 Å². The van der Waals surface area contributed by atoms with E-state index < -0.39 is 90.3 Å². The first-order valence-corrected chi connectivity index (χ1v) is 39.3. The Morgan fingerprint density at radius 1 is 0.636 bits per heavy atom. The Bertz CT molecular complexity index is 3540. The Morgan fingerprint density at radius 3 is 1.45 bits per heavy atom. The predicted octanol–water partition coefficient (Wildman–Crippen LogP) is 14.3. The minimum atomic E-state index is -7.14. The molecule has 3 N–H and O–H groups in total. The standard InChI is InChI=1S/C18H15S.C16H36N.C13H10N2.C12H16F6N3O8S3.C11H21NO3.H2O/c1-4-10-16(11-5-1)19(17-12-6-2-7-13-17)18-14-8-3-9-15-18;1-5-9-13-17(14-10-6-2,15-11-7-3)16-12-8-4;1-2-6-10(7-3-1)13-14-11-8-4-5-9-12(11)15-13;1-30(23,24)19-31(25,26)11(15,16)10(13,14)12(17,18)32(27,28)21-5-3-20(4-6-21)8-2-7-29-9(8)22;1-4-11(2,3)15-10(14)12-7-5-9(13)6-8-12;/h1-15H;5-16H2,1-4H3;1-9H,(H,14,15);8H,2-7H2,1H3;9,13H,4-8H2,1-3H3;1H2/q2*+1;;-1;;/p-1. The van der Waals surface area contributed by atoms with Crippen LogP contribution in [0.5, 0.6) is 0 Å². The molecule has 9 rings (SSSR count). The predicted molar refractivity (Wildman–Crippen MR) is 375 cm³/mol. The molecule has 0 bridgehead atoms. The highest BCUT2D eigenvalue weighted by atomic mass is 32.3. The number of sulfonamides is 3. The molecule has 1 unspecified atom stereocenters. The van der Waals surface area contributed by atoms with Crippen molar-refractivity contribution < 1.29 is 85.7 Å². The number of rotatable bonds is 26. The highest BCUT2D eigenvalue weighted by molar-refractivity contribution is 8.12. The lowest BCUT2D eigenvalue weighted by molar-refractivity contribution is -0.929. The highest BCUT2D eigenvalue weighted by Gasteiger charge is 2.81. The van der Waals surface area contributed by atoms with Gasteiger partial charge in [-0.25, -0.2) is 35.0 Å². The molecule has 1 aromatic heterocycles. The molecule has 5 aromatic carbocycles. The molecule has 0 aliphatic carbocycles. The van der Waals surface area contributed by atoms with Gasteiger partial charge < -0.3 is 38.6 Å². The minimum Gasteiger partial charge on any atom is -0.870 e. The molecular formula is C70H99F6N7O12S4. The number of halogens is 6. The van der Waals surface area contributed by atoms with E-state index in [2.05, 4.69) is 141 Å². The van der Waals surface area contributed by atoms with E-state index in [0.29, 0.717) is 25.9 Å². The van der Waals surface area contributed by atoms with E-state index in [0.717, 1.165) is 28.8 Å². The summed E-state index contributed by atoms with van der Waals surface area (Å²) < 4.78 is 166. The maximum Gasteiger partial charge on any atom is 0.428 e. The van der Waals surface area contributed by atoms with E-state index in [-0.39, 0.29) is 52.2 Å². The molecule has 3 fully saturated rings. The van der Waals surface area contributed by atoms with Crippen molar-refractivity contribution in [1.29, 1.82) is 0 Å². The molecule has 3 saturated heterocycles. The number of imidazole rings is 1. The summed E-state index contributed by atoms with van der Waals surface area (Å²) in [7, 11) is -19.0. The van der Waals surface area contributed by atoms with Gasteiger partial charge in [-0.15, -0.1) is 0 Å². The lowest BCUT2D eigenvalue weighted by Crippen LogP contribution is -2.64. The zero-order valence-electron chi connectivity index (χ0n) is 57.8. The molecule has 0 radical (unpaired) electrons. The third-order valence-corrected chi connectivity index (χ3v) is 23.8. The lowest BCUT2D eigenvalue weighted by atomic mass is 10.1. The molecule has 99 heavy (non-hydrogen) atoms. The average Bonchev–Trinajstić information content (AvgIpc) is 0.835. The molecule has 0 spiro atoms. The number of aromatic nitrogens is 2. The van der Waals surface area contributed by atoms with Gasteiger partial charge in [0.1, 0.15) is 17.5 Å². The number of benzene rings is 5. The van der Waals surface area contributed by atoms with Crippen molar-refractivity contribution in [2.24, 2.45) is 0 Å². The van der Waals surface area contributed by atoms with E-state index in [1.54, 1.807) is 4.90 Å². The van der Waals surface area contributed by atoms with E-state index in [4.69, 9.17) is 9.47 Å². The number of piperazine rings is 1. The van der Waals surface area contributed by atoms with Gasteiger partial charge in [0.15, 0.2) is 24.7 Å². The number of fused-ring (bicyclic) bond motifs is 1. The number of ether oxygens (including phenoxy) is 2. The number of likely N-dealkylation sites (tertiary alicyclic amines) is 1. The molecular weight excluding hydrogens is 1370 g/mol. The Hall–Kier alpha value is -6.15. The van der Waals surface area contributed by atoms with Gasteiger partial charge in [0.2, 0.25) is 0 Å². The summed E-state index contributed by atoms with van der Waals surface area (Å²) in [6, 6.07) is 49.5. The van der Waals surface area contributed by atoms with Crippen molar-refractivity contribution >= 4 is 64.1 Å². The second-order valence-electron chi connectivity index (χ2n) is 24.9. The molecule has 3 aliphatic heterocycles. The van der Waals surface area contributed by atoms with E-state index in [1.807, 2.05) is 63.2 Å². The zero-order valence-corrected chi connectivity index (χ0v) is 61.1. The number of carbonyl (C=O) groups excluding carboxylic acids is 2. The normalized spacial score (nSPS) is 16.1. The SMILES string of the molecule is CCC(C)(C)OC(=O)N1CCC(O)CC1.CCCC[N+](CCCC)(CCCC)CCCC.CS(=O)(=O)[N-]S(=O)(=O)C(F)(F)C(F)(F)C(F)(F)S(=O)(=O)N1CCN(C2CCOC2=O)CC1.[OH-].c1ccc(-c2nc3ccccc3[nH]2)cc1.c1ccc([S+](c2ccccc2)c2ccccc2)cc1. The molecule has 552 valence electrons. The molecule has 29 heteroatoms. The van der Waals surface area contributed by atoms with Crippen molar-refractivity contribution in [3.05, 3.63) is 150 Å². The number of aliphatic hydroxyl groups is 1. The summed E-state index contributed by atoms with van der Waals surface area (Å²) in [6.45, 7) is 19.4. The van der Waals surface area contributed by atoms with Crippen LogP contribution in [0.15, 0.2) is 160 Å². The van der Waals surface area contributed by atoms with E-state index in [9.17, 15) is 66.3 Å². The molecule has 4 heterocycles. The first kappa shape index (κ1) is 85.3. The van der Waals surface area contributed by atoms with Crippen LogP contribution in [0.4, 0.5) is 31.1 Å². The number of nitrogens with one attached hydrogen (secondary N) is 1. The lowest BCUT2D eigenvalue weighted by Gasteiger charge is -2.40. The van der Waals surface area contributed by atoms with Crippen molar-refractivity contribution in [3.8, 4) is 11.4 Å². The number of quaternary nitrogens is 1. The quantitative estimate of drug-likeness (QED) is 0.0222. The molecule has 1 amide bonds. The second kappa shape index (κ2) is 39.3. The van der Waals surface area contributed by atoms with Crippen LogP contribution in [0, 0.1) is 0 Å². The van der Waals surface area contributed by atoms with Crippen LogP contribution in [0.2, 0.25) is 0 Å². The Balaban J connectivity index is 0.000000272. The van der Waals surface area contributed by atoms with E-state index >= 15 is 0 Å². The summed E-state index contributed by atoms with van der Waals surface area (Å²) >= 11 is 0. The number of amides is 1. The van der Waals surface area contributed by atoms with Gasteiger partial charge in [-0.3, -0.25) is 9.69 Å². The number of cyclic esters (lactones) is 1. The van der Waals surface area contributed by atoms with Crippen molar-refractivity contribution in [1.82, 2.24) is 24.1 Å². The highest BCUT2D eigenvalue weighted by Crippen LogP contribution is 2.53. The Morgan fingerprint density at radius 2 is 1.06 bits per heavy atom. The zero-order chi connectivity index (χ0) is 72.4. The number of hydrogen-bond donors (Lipinski definition) is 2. The first-order chi connectivity index (χ1) is 46.3. The summed E-state index contributed by atoms with van der Waals surface area (Å²) in [4.78, 5) is 38.1. The molecule has 3 aliphatic rings. The van der Waals surface area contributed by atoms with Crippen LogP contribution < -0.4 is 0 Å². The third kappa shape index (κ3) is 24.3. The summed E-state index contributed by atoms with van der Waals surface area (Å²) in [6.07, 6.45) is 12.8. The number of hydrogen-bond acceptors (Lipinski definition) is 14. The number of para-hydroxylation sites is 2. The molecule has 6 aromatic rings. The number of nitrogens with zero attached hydrogens (tertiary/aromatic N) is 6. The smallest absolute Gasteiger partial charge is 0.428 e. The third-order valence-electron chi connectivity index (χ3n) is 16.8. The van der Waals surface area contributed by atoms with Gasteiger partial charge in [-0.2, -0.15) is 30.6 Å². The van der Waals surface area contributed by atoms with Gasteiger partial charge in [0, 0.05) is 57.5 Å². The largest absolute Gasteiger partial charge is 0.870 e. The van der Waals surface area contributed by atoms with Crippen LogP contribution >= 0.6 is 0 Å². The van der Waals surface area contributed by atoms with Crippen LogP contribution in [0.3, 0.4) is 0 Å². The fourth-order valence-electron chi connectivity index (χ4n) is 10.8. The van der Waals surface area contributed by atoms with Crippen molar-refractivity contribution in [2.45, 2.75) is 174 Å². The number of unbranched alkanes of at least 4 members (excludes halogenated alkanes) is 4. The number of H-pyrrole nitrogens is 1. The van der Waals surface area contributed by atoms with Gasteiger partial charge in [0.05, 0.1) is 70.8 Å². The number of carbonyl (C=O) groups is 2. The topological polar surface area (TPSA) is 258 Å². The molecule has 0 saturated carbocycles. The summed E-state index contributed by atoms with van der Waals surface area (Å²) in [5.74, 6) is -6.85. The summed E-state index contributed by atoms with van der Waals surface area (Å²) in [5, 5.41) is -4.28. The molecule has 1 atom stereocenters.